The van der Waals surface area contributed by atoms with Crippen LogP contribution in [0.2, 0.25) is 0 Å². The molecule has 0 atom stereocenters. The Balaban J connectivity index is 0. The number of hydrogen-bond acceptors (Lipinski definition) is 6. The third kappa shape index (κ3) is 22.8. The fraction of sp³-hybridized carbons (Fsp3) is 0.667. The zero-order chi connectivity index (χ0) is 9.66. The summed E-state index contributed by atoms with van der Waals surface area (Å²) in [5.74, 6) is 2.52. The molecule has 0 bridgehead atoms. The fourth-order valence-corrected chi connectivity index (χ4v) is 0.755. The van der Waals surface area contributed by atoms with Crippen molar-refractivity contribution >= 4 is 24.1 Å². The van der Waals surface area contributed by atoms with Crippen LogP contribution < -0.4 is 0 Å². The number of thioether (sulfide) groups is 1. The van der Waals surface area contributed by atoms with Crippen molar-refractivity contribution in [3.8, 4) is 12.5 Å². The SMILES string of the molecule is CCSCC.N#COSOC#N. The quantitative estimate of drug-likeness (QED) is 0.399. The van der Waals surface area contributed by atoms with Crippen LogP contribution in [0.3, 0.4) is 0 Å². The second-order valence-corrected chi connectivity index (χ2v) is 3.23. The van der Waals surface area contributed by atoms with Crippen LogP contribution in [0.15, 0.2) is 0 Å². The first-order valence-electron chi connectivity index (χ1n) is 3.18. The van der Waals surface area contributed by atoms with Gasteiger partial charge in [0.25, 0.3) is 0 Å². The van der Waals surface area contributed by atoms with E-state index in [1.807, 2.05) is 11.8 Å². The van der Waals surface area contributed by atoms with Crippen molar-refractivity contribution in [1.82, 2.24) is 0 Å². The van der Waals surface area contributed by atoms with Gasteiger partial charge in [0, 0.05) is 0 Å². The molecule has 0 aliphatic rings. The van der Waals surface area contributed by atoms with Gasteiger partial charge in [-0.25, -0.2) is 0 Å². The van der Waals surface area contributed by atoms with Crippen LogP contribution in [0.1, 0.15) is 13.8 Å². The Kier molecular flexibility index (Phi) is 19.3. The third-order valence-electron chi connectivity index (χ3n) is 0.551. The number of rotatable bonds is 4. The lowest BCUT2D eigenvalue weighted by Crippen LogP contribution is -1.64. The van der Waals surface area contributed by atoms with Crippen molar-refractivity contribution < 1.29 is 8.37 Å². The Morgan fingerprint density at radius 1 is 1.08 bits per heavy atom. The van der Waals surface area contributed by atoms with Crippen molar-refractivity contribution in [2.75, 3.05) is 11.5 Å². The van der Waals surface area contributed by atoms with Gasteiger partial charge in [0.05, 0.1) is 0 Å². The zero-order valence-corrected chi connectivity index (χ0v) is 8.57. The highest BCUT2D eigenvalue weighted by Crippen LogP contribution is 1.99. The standard InChI is InChI=1S/C4H10S.C2N2O2S/c1-3-5-4-2;3-1-5-7-6-2-4/h3-4H2,1-2H3;. The van der Waals surface area contributed by atoms with E-state index in [4.69, 9.17) is 10.5 Å². The van der Waals surface area contributed by atoms with Crippen LogP contribution >= 0.6 is 24.1 Å². The van der Waals surface area contributed by atoms with Gasteiger partial charge in [-0.2, -0.15) is 11.8 Å². The molecule has 0 fully saturated rings. The average molecular weight is 206 g/mol. The van der Waals surface area contributed by atoms with Crippen LogP contribution in [-0.2, 0) is 8.37 Å². The van der Waals surface area contributed by atoms with Crippen LogP contribution in [-0.4, -0.2) is 11.5 Å². The van der Waals surface area contributed by atoms with E-state index in [2.05, 4.69) is 22.2 Å². The van der Waals surface area contributed by atoms with Crippen molar-refractivity contribution in [2.24, 2.45) is 0 Å². The minimum atomic E-state index is 0.331. The molecule has 0 saturated heterocycles. The third-order valence-corrected chi connectivity index (χ3v) is 1.65. The van der Waals surface area contributed by atoms with Crippen molar-refractivity contribution in [2.45, 2.75) is 13.8 Å². The second kappa shape index (κ2) is 16.7. The smallest absolute Gasteiger partial charge is 0.311 e. The molecular formula is C6H10N2O2S2. The molecule has 0 aliphatic heterocycles. The normalized spacial score (nSPS) is 6.67. The maximum absolute atomic E-state index is 7.61. The summed E-state index contributed by atoms with van der Waals surface area (Å²) >= 11 is 2.29. The number of nitriles is 2. The van der Waals surface area contributed by atoms with E-state index >= 15 is 0 Å². The molecular weight excluding hydrogens is 196 g/mol. The Bertz CT molecular complexity index is 137. The summed E-state index contributed by atoms with van der Waals surface area (Å²) in [6.45, 7) is 4.35. The molecule has 0 unspecified atom stereocenters. The molecule has 0 rings (SSSR count). The molecule has 68 valence electrons. The Morgan fingerprint density at radius 3 is 1.67 bits per heavy atom. The minimum Gasteiger partial charge on any atom is -0.311 e. The van der Waals surface area contributed by atoms with Crippen molar-refractivity contribution in [1.29, 1.82) is 10.5 Å². The number of nitrogens with zero attached hydrogens (tertiary/aromatic N) is 2. The molecule has 0 N–H and O–H groups in total. The molecule has 0 radical (unpaired) electrons. The molecule has 0 spiro atoms. The largest absolute Gasteiger partial charge is 0.316 e. The molecule has 4 nitrogen and oxygen atoms in total. The average Bonchev–Trinajstić information content (AvgIpc) is 2.08. The summed E-state index contributed by atoms with van der Waals surface area (Å²) in [5, 5.41) is 15.2. The van der Waals surface area contributed by atoms with E-state index < -0.39 is 0 Å². The Hall–Kier alpha value is -0.720. The Labute approximate surface area is 81.2 Å². The van der Waals surface area contributed by atoms with E-state index in [1.165, 1.54) is 24.0 Å². The van der Waals surface area contributed by atoms with E-state index in [1.54, 1.807) is 0 Å². The summed E-state index contributed by atoms with van der Waals surface area (Å²) in [5.41, 5.74) is 0. The van der Waals surface area contributed by atoms with Crippen LogP contribution in [0.25, 0.3) is 0 Å². The van der Waals surface area contributed by atoms with E-state index in [0.717, 1.165) is 0 Å². The molecule has 0 aromatic heterocycles. The summed E-state index contributed by atoms with van der Waals surface area (Å²) in [7, 11) is 0. The predicted octanol–water partition coefficient (Wildman–Crippen LogP) is 2.30. The number of hydrogen-bond donors (Lipinski definition) is 0. The molecule has 0 heterocycles. The van der Waals surface area contributed by atoms with Gasteiger partial charge in [0.15, 0.2) is 0 Å². The maximum atomic E-state index is 7.61. The summed E-state index contributed by atoms with van der Waals surface area (Å²) in [6, 6.07) is 0. The van der Waals surface area contributed by atoms with Gasteiger partial charge >= 0.3 is 24.8 Å². The van der Waals surface area contributed by atoms with Gasteiger partial charge in [-0.3, -0.25) is 0 Å². The Morgan fingerprint density at radius 2 is 1.50 bits per heavy atom. The van der Waals surface area contributed by atoms with Crippen LogP contribution in [0.5, 0.6) is 0 Å². The highest BCUT2D eigenvalue weighted by molar-refractivity contribution is 7.99. The monoisotopic (exact) mass is 206 g/mol. The van der Waals surface area contributed by atoms with Crippen LogP contribution in [0.4, 0.5) is 0 Å². The molecule has 0 aromatic rings. The van der Waals surface area contributed by atoms with Gasteiger partial charge < -0.3 is 8.37 Å². The molecule has 0 aliphatic carbocycles. The minimum absolute atomic E-state index is 0.331. The van der Waals surface area contributed by atoms with E-state index in [0.29, 0.717) is 12.3 Å². The van der Waals surface area contributed by atoms with Gasteiger partial charge in [-0.1, -0.05) is 13.8 Å². The first kappa shape index (κ1) is 13.8. The van der Waals surface area contributed by atoms with Gasteiger partial charge in [0.1, 0.15) is 0 Å². The van der Waals surface area contributed by atoms with E-state index in [9.17, 15) is 0 Å². The molecule has 12 heavy (non-hydrogen) atoms. The molecule has 0 aromatic carbocycles. The summed E-state index contributed by atoms with van der Waals surface area (Å²) < 4.78 is 7.70. The first-order valence-corrected chi connectivity index (χ1v) is 5.00. The summed E-state index contributed by atoms with van der Waals surface area (Å²) in [6.07, 6.45) is 2.58. The van der Waals surface area contributed by atoms with Crippen LogP contribution in [0, 0.1) is 23.0 Å². The maximum Gasteiger partial charge on any atom is 0.316 e. The van der Waals surface area contributed by atoms with E-state index in [-0.39, 0.29) is 0 Å². The van der Waals surface area contributed by atoms with Crippen molar-refractivity contribution in [3.05, 3.63) is 0 Å². The highest BCUT2D eigenvalue weighted by atomic mass is 32.2. The summed E-state index contributed by atoms with van der Waals surface area (Å²) in [4.78, 5) is 0. The molecule has 0 saturated carbocycles. The van der Waals surface area contributed by atoms with Gasteiger partial charge in [0.2, 0.25) is 0 Å². The lowest BCUT2D eigenvalue weighted by atomic mass is 11.0. The van der Waals surface area contributed by atoms with Crippen molar-refractivity contribution in [3.63, 3.8) is 0 Å². The second-order valence-electron chi connectivity index (χ2n) is 1.20. The topological polar surface area (TPSA) is 66.0 Å². The highest BCUT2D eigenvalue weighted by Gasteiger charge is 1.80. The lowest BCUT2D eigenvalue weighted by Gasteiger charge is -1.80. The van der Waals surface area contributed by atoms with Gasteiger partial charge in [-0.15, -0.1) is 10.5 Å². The fourth-order valence-electron chi connectivity index (χ4n) is 0.252. The molecule has 0 amide bonds. The first-order chi connectivity index (χ1) is 5.83. The van der Waals surface area contributed by atoms with Gasteiger partial charge in [-0.05, 0) is 11.5 Å². The zero-order valence-electron chi connectivity index (χ0n) is 6.94. The lowest BCUT2D eigenvalue weighted by molar-refractivity contribution is 0.485. The molecule has 6 heteroatoms. The predicted molar refractivity (Wildman–Crippen MR) is 49.7 cm³/mol.